The van der Waals surface area contributed by atoms with Gasteiger partial charge in [0, 0.05) is 17.0 Å². The first-order valence-electron chi connectivity index (χ1n) is 6.84. The highest BCUT2D eigenvalue weighted by Gasteiger charge is 2.48. The maximum Gasteiger partial charge on any atom is 0.0680 e. The number of benzene rings is 1. The van der Waals surface area contributed by atoms with E-state index in [0.717, 1.165) is 22.6 Å². The topological polar surface area (TPSA) is 35.2 Å². The molecule has 0 saturated carbocycles. The van der Waals surface area contributed by atoms with Gasteiger partial charge in [-0.25, -0.2) is 0 Å². The Labute approximate surface area is 121 Å². The second kappa shape index (κ2) is 4.76. The summed E-state index contributed by atoms with van der Waals surface area (Å²) < 4.78 is 6.13. The lowest BCUT2D eigenvalue weighted by Crippen LogP contribution is -2.35. The van der Waals surface area contributed by atoms with E-state index in [-0.39, 0.29) is 17.2 Å². The highest BCUT2D eigenvalue weighted by molar-refractivity contribution is 6.31. The molecular weight excluding hydrogens is 258 g/mol. The van der Waals surface area contributed by atoms with Gasteiger partial charge in [0.1, 0.15) is 0 Å². The third-order valence-corrected chi connectivity index (χ3v) is 4.57. The van der Waals surface area contributed by atoms with Crippen LogP contribution in [0.2, 0.25) is 5.02 Å². The van der Waals surface area contributed by atoms with Crippen LogP contribution in [0.5, 0.6) is 0 Å². The highest BCUT2D eigenvalue weighted by atomic mass is 35.5. The van der Waals surface area contributed by atoms with Crippen LogP contribution in [0, 0.1) is 12.8 Å². The van der Waals surface area contributed by atoms with Crippen molar-refractivity contribution in [3.8, 4) is 0 Å². The quantitative estimate of drug-likeness (QED) is 0.880. The van der Waals surface area contributed by atoms with Crippen molar-refractivity contribution in [1.29, 1.82) is 0 Å². The van der Waals surface area contributed by atoms with Crippen LogP contribution < -0.4 is 5.73 Å². The fourth-order valence-electron chi connectivity index (χ4n) is 3.21. The summed E-state index contributed by atoms with van der Waals surface area (Å²) in [6.07, 6.45) is 0.965. The molecule has 2 rings (SSSR count). The first-order valence-corrected chi connectivity index (χ1v) is 7.22. The number of hydrogen-bond acceptors (Lipinski definition) is 2. The van der Waals surface area contributed by atoms with Gasteiger partial charge in [-0.15, -0.1) is 0 Å². The Hall–Kier alpha value is -0.570. The van der Waals surface area contributed by atoms with Crippen molar-refractivity contribution in [2.45, 2.75) is 58.3 Å². The van der Waals surface area contributed by atoms with E-state index in [1.807, 2.05) is 19.1 Å². The smallest absolute Gasteiger partial charge is 0.0680 e. The summed E-state index contributed by atoms with van der Waals surface area (Å²) in [7, 11) is 0. The molecule has 1 fully saturated rings. The maximum absolute atomic E-state index is 6.48. The molecule has 0 bridgehead atoms. The van der Waals surface area contributed by atoms with Crippen molar-refractivity contribution in [2.75, 3.05) is 0 Å². The van der Waals surface area contributed by atoms with Crippen molar-refractivity contribution in [2.24, 2.45) is 11.7 Å². The van der Waals surface area contributed by atoms with Gasteiger partial charge in [0.2, 0.25) is 0 Å². The Bertz CT molecular complexity index is 482. The van der Waals surface area contributed by atoms with E-state index in [2.05, 4.69) is 33.8 Å². The van der Waals surface area contributed by atoms with E-state index in [1.54, 1.807) is 0 Å². The Morgan fingerprint density at radius 2 is 1.95 bits per heavy atom. The molecular formula is C16H24ClNO. The average Bonchev–Trinajstić information content (AvgIpc) is 2.49. The number of halogens is 1. The molecule has 1 aromatic rings. The van der Waals surface area contributed by atoms with Gasteiger partial charge in [0.15, 0.2) is 0 Å². The van der Waals surface area contributed by atoms with Gasteiger partial charge in [-0.3, -0.25) is 0 Å². The number of nitrogens with two attached hydrogens (primary N) is 1. The van der Waals surface area contributed by atoms with E-state index in [1.165, 1.54) is 0 Å². The van der Waals surface area contributed by atoms with Crippen LogP contribution in [0.4, 0.5) is 0 Å². The van der Waals surface area contributed by atoms with Crippen molar-refractivity contribution < 1.29 is 4.74 Å². The highest BCUT2D eigenvalue weighted by Crippen LogP contribution is 2.47. The van der Waals surface area contributed by atoms with Gasteiger partial charge in [-0.05, 0) is 58.2 Å². The van der Waals surface area contributed by atoms with Gasteiger partial charge in [-0.1, -0.05) is 23.7 Å². The average molecular weight is 282 g/mol. The standard InChI is InChI=1S/C16H24ClNO/c1-10-6-7-11(8-13(10)17)14(18)12-9-15(2,3)19-16(12,4)5/h6-8,12,14H,9,18H2,1-5H3. The van der Waals surface area contributed by atoms with Crippen LogP contribution >= 0.6 is 11.6 Å². The zero-order chi connectivity index (χ0) is 14.4. The molecule has 19 heavy (non-hydrogen) atoms. The molecule has 2 nitrogen and oxygen atoms in total. The van der Waals surface area contributed by atoms with Crippen molar-refractivity contribution in [3.05, 3.63) is 34.3 Å². The molecule has 1 aliphatic rings. The van der Waals surface area contributed by atoms with E-state index < -0.39 is 0 Å². The third-order valence-electron chi connectivity index (χ3n) is 4.16. The van der Waals surface area contributed by atoms with Gasteiger partial charge < -0.3 is 10.5 Å². The summed E-state index contributed by atoms with van der Waals surface area (Å²) >= 11 is 6.20. The van der Waals surface area contributed by atoms with Crippen LogP contribution in [0.15, 0.2) is 18.2 Å². The lowest BCUT2D eigenvalue weighted by atomic mass is 9.79. The fraction of sp³-hybridized carbons (Fsp3) is 0.625. The second-order valence-electron chi connectivity index (χ2n) is 6.81. The van der Waals surface area contributed by atoms with Gasteiger partial charge in [0.25, 0.3) is 0 Å². The van der Waals surface area contributed by atoms with Gasteiger partial charge >= 0.3 is 0 Å². The van der Waals surface area contributed by atoms with Crippen LogP contribution in [-0.4, -0.2) is 11.2 Å². The minimum atomic E-state index is -0.208. The van der Waals surface area contributed by atoms with E-state index in [4.69, 9.17) is 22.1 Å². The Kier molecular flexibility index (Phi) is 3.72. The van der Waals surface area contributed by atoms with E-state index >= 15 is 0 Å². The number of aryl methyl sites for hydroxylation is 1. The monoisotopic (exact) mass is 281 g/mol. The normalized spacial score (nSPS) is 26.4. The molecule has 106 valence electrons. The van der Waals surface area contributed by atoms with Crippen LogP contribution in [0.3, 0.4) is 0 Å². The third kappa shape index (κ3) is 2.96. The number of ether oxygens (including phenoxy) is 1. The van der Waals surface area contributed by atoms with Gasteiger partial charge in [-0.2, -0.15) is 0 Å². The Morgan fingerprint density at radius 3 is 2.42 bits per heavy atom. The summed E-state index contributed by atoms with van der Waals surface area (Å²) in [6, 6.07) is 6.05. The summed E-state index contributed by atoms with van der Waals surface area (Å²) in [5.74, 6) is 0.293. The van der Waals surface area contributed by atoms with E-state index in [9.17, 15) is 0 Å². The predicted molar refractivity (Wildman–Crippen MR) is 80.5 cm³/mol. The van der Waals surface area contributed by atoms with Crippen molar-refractivity contribution in [3.63, 3.8) is 0 Å². The van der Waals surface area contributed by atoms with Crippen molar-refractivity contribution in [1.82, 2.24) is 0 Å². The molecule has 1 saturated heterocycles. The lowest BCUT2D eigenvalue weighted by Gasteiger charge is -2.31. The van der Waals surface area contributed by atoms with Crippen molar-refractivity contribution >= 4 is 11.6 Å². The van der Waals surface area contributed by atoms with Crippen LogP contribution in [0.25, 0.3) is 0 Å². The SMILES string of the molecule is Cc1ccc(C(N)C2CC(C)(C)OC2(C)C)cc1Cl. The molecule has 0 aromatic heterocycles. The zero-order valence-electron chi connectivity index (χ0n) is 12.5. The molecule has 2 atom stereocenters. The first kappa shape index (κ1) is 14.8. The predicted octanol–water partition coefficient (Wildman–Crippen LogP) is 4.24. The molecule has 0 radical (unpaired) electrons. The summed E-state index contributed by atoms with van der Waals surface area (Å²) in [6.45, 7) is 10.5. The summed E-state index contributed by atoms with van der Waals surface area (Å²) in [5, 5.41) is 0.781. The molecule has 1 heterocycles. The molecule has 0 amide bonds. The van der Waals surface area contributed by atoms with E-state index in [0.29, 0.717) is 5.92 Å². The van der Waals surface area contributed by atoms with Crippen LogP contribution in [-0.2, 0) is 4.74 Å². The Morgan fingerprint density at radius 1 is 1.32 bits per heavy atom. The lowest BCUT2D eigenvalue weighted by molar-refractivity contribution is -0.0767. The van der Waals surface area contributed by atoms with Gasteiger partial charge in [0.05, 0.1) is 11.2 Å². The fourth-order valence-corrected chi connectivity index (χ4v) is 3.40. The molecule has 0 aliphatic carbocycles. The minimum absolute atomic E-state index is 0.0464. The molecule has 0 spiro atoms. The largest absolute Gasteiger partial charge is 0.369 e. The second-order valence-corrected chi connectivity index (χ2v) is 7.22. The summed E-state index contributed by atoms with van der Waals surface area (Å²) in [5.41, 5.74) is 8.33. The number of rotatable bonds is 2. The molecule has 1 aliphatic heterocycles. The first-order chi connectivity index (χ1) is 8.62. The molecule has 3 heteroatoms. The Balaban J connectivity index is 2.28. The molecule has 2 unspecified atom stereocenters. The summed E-state index contributed by atoms with van der Waals surface area (Å²) in [4.78, 5) is 0. The van der Waals surface area contributed by atoms with Crippen LogP contribution in [0.1, 0.15) is 51.3 Å². The number of hydrogen-bond donors (Lipinski definition) is 1. The molecule has 2 N–H and O–H groups in total. The molecule has 1 aromatic carbocycles. The zero-order valence-corrected chi connectivity index (χ0v) is 13.2. The minimum Gasteiger partial charge on any atom is -0.369 e. The maximum atomic E-state index is 6.48.